The number of aliphatic carboxylic acids is 1. The molecule has 5 heteroatoms. The summed E-state index contributed by atoms with van der Waals surface area (Å²) >= 11 is 0. The average Bonchev–Trinajstić information content (AvgIpc) is 2.29. The molecule has 0 aliphatic carbocycles. The third kappa shape index (κ3) is 3.66. The van der Waals surface area contributed by atoms with Crippen LogP contribution >= 0.6 is 0 Å². The Morgan fingerprint density at radius 3 is 2.76 bits per heavy atom. The van der Waals surface area contributed by atoms with Crippen molar-refractivity contribution in [2.75, 3.05) is 39.8 Å². The maximum absolute atomic E-state index is 11.1. The highest BCUT2D eigenvalue weighted by Gasteiger charge is 2.34. The zero-order valence-electron chi connectivity index (χ0n) is 11.3. The van der Waals surface area contributed by atoms with Crippen molar-refractivity contribution < 1.29 is 14.6 Å². The minimum Gasteiger partial charge on any atom is -0.480 e. The summed E-state index contributed by atoms with van der Waals surface area (Å²) in [6.45, 7) is 9.83. The van der Waals surface area contributed by atoms with Gasteiger partial charge in [-0.25, -0.2) is 0 Å². The highest BCUT2D eigenvalue weighted by Crippen LogP contribution is 2.15. The normalized spacial score (nSPS) is 23.0. The lowest BCUT2D eigenvalue weighted by molar-refractivity contribution is -0.150. The summed E-state index contributed by atoms with van der Waals surface area (Å²) < 4.78 is 5.68. The molecular weight excluding hydrogens is 220 g/mol. The molecule has 1 unspecified atom stereocenters. The van der Waals surface area contributed by atoms with Crippen molar-refractivity contribution in [2.45, 2.75) is 32.4 Å². The maximum atomic E-state index is 11.1. The van der Waals surface area contributed by atoms with Crippen molar-refractivity contribution in [1.82, 2.24) is 9.80 Å². The van der Waals surface area contributed by atoms with Crippen LogP contribution in [0.15, 0.2) is 0 Å². The summed E-state index contributed by atoms with van der Waals surface area (Å²) in [6.07, 6.45) is 0.104. The number of likely N-dealkylation sites (N-methyl/N-ethyl adjacent to an activating group) is 2. The molecule has 0 aromatic rings. The van der Waals surface area contributed by atoms with Crippen LogP contribution in [0, 0.1) is 0 Å². The number of carbonyl (C=O) groups is 1. The highest BCUT2D eigenvalue weighted by molar-refractivity contribution is 5.77. The van der Waals surface area contributed by atoms with Crippen LogP contribution in [0.2, 0.25) is 0 Å². The molecule has 0 aromatic carbocycles. The molecule has 0 radical (unpaired) electrons. The zero-order valence-corrected chi connectivity index (χ0v) is 11.3. The van der Waals surface area contributed by atoms with Crippen molar-refractivity contribution in [1.29, 1.82) is 0 Å². The molecule has 1 atom stereocenters. The largest absolute Gasteiger partial charge is 0.480 e. The molecule has 100 valence electrons. The van der Waals surface area contributed by atoms with Crippen LogP contribution in [-0.4, -0.2) is 72.4 Å². The molecule has 5 nitrogen and oxygen atoms in total. The Balaban J connectivity index is 2.50. The van der Waals surface area contributed by atoms with Crippen molar-refractivity contribution >= 4 is 5.97 Å². The van der Waals surface area contributed by atoms with Crippen LogP contribution < -0.4 is 0 Å². The van der Waals surface area contributed by atoms with Crippen LogP contribution in [0.4, 0.5) is 0 Å². The lowest BCUT2D eigenvalue weighted by Gasteiger charge is -2.38. The number of carboxylic acid groups (broad SMARTS) is 1. The third-order valence-corrected chi connectivity index (χ3v) is 3.63. The number of hydrogen-bond donors (Lipinski definition) is 1. The summed E-state index contributed by atoms with van der Waals surface area (Å²) in [4.78, 5) is 15.3. The van der Waals surface area contributed by atoms with Crippen LogP contribution in [0.25, 0.3) is 0 Å². The first-order valence-electron chi connectivity index (χ1n) is 6.16. The number of ether oxygens (including phenoxy) is 1. The number of carboxylic acids is 1. The summed E-state index contributed by atoms with van der Waals surface area (Å²) in [5.41, 5.74) is -0.849. The monoisotopic (exact) mass is 244 g/mol. The number of rotatable bonds is 5. The van der Waals surface area contributed by atoms with Gasteiger partial charge in [-0.2, -0.15) is 0 Å². The van der Waals surface area contributed by atoms with E-state index in [9.17, 15) is 4.79 Å². The van der Waals surface area contributed by atoms with Gasteiger partial charge in [0.15, 0.2) is 0 Å². The molecule has 1 saturated heterocycles. The van der Waals surface area contributed by atoms with Gasteiger partial charge >= 0.3 is 5.97 Å². The van der Waals surface area contributed by atoms with Gasteiger partial charge < -0.3 is 9.84 Å². The smallest absolute Gasteiger partial charge is 0.323 e. The standard InChI is InChI=1S/C12H24N2O3/c1-5-14-6-7-17-10(9-14)8-13(4)12(2,3)11(15)16/h10H,5-9H2,1-4H3,(H,15,16). The molecule has 17 heavy (non-hydrogen) atoms. The second-order valence-electron chi connectivity index (χ2n) is 5.13. The van der Waals surface area contributed by atoms with E-state index in [1.54, 1.807) is 13.8 Å². The first-order valence-corrected chi connectivity index (χ1v) is 6.16. The Kier molecular flexibility index (Phi) is 4.91. The first-order chi connectivity index (χ1) is 7.87. The Hall–Kier alpha value is -0.650. The summed E-state index contributed by atoms with van der Waals surface area (Å²) in [5.74, 6) is -0.803. The lowest BCUT2D eigenvalue weighted by atomic mass is 10.0. The van der Waals surface area contributed by atoms with Crippen molar-refractivity contribution in [3.63, 3.8) is 0 Å². The summed E-state index contributed by atoms with van der Waals surface area (Å²) in [7, 11) is 1.84. The van der Waals surface area contributed by atoms with E-state index < -0.39 is 11.5 Å². The van der Waals surface area contributed by atoms with Crippen molar-refractivity contribution in [3.05, 3.63) is 0 Å². The molecule has 1 N–H and O–H groups in total. The number of hydrogen-bond acceptors (Lipinski definition) is 4. The van der Waals surface area contributed by atoms with Crippen molar-refractivity contribution in [3.8, 4) is 0 Å². The minimum absolute atomic E-state index is 0.104. The SMILES string of the molecule is CCN1CCOC(CN(C)C(C)(C)C(=O)O)C1. The van der Waals surface area contributed by atoms with Crippen LogP contribution in [0.1, 0.15) is 20.8 Å². The van der Waals surface area contributed by atoms with E-state index in [4.69, 9.17) is 9.84 Å². The predicted molar refractivity (Wildman–Crippen MR) is 66.2 cm³/mol. The predicted octanol–water partition coefficient (Wildman–Crippen LogP) is 0.502. The van der Waals surface area contributed by atoms with E-state index in [0.717, 1.165) is 26.2 Å². The molecule has 1 fully saturated rings. The van der Waals surface area contributed by atoms with Gasteiger partial charge in [0.1, 0.15) is 5.54 Å². The second kappa shape index (κ2) is 5.80. The fourth-order valence-corrected chi connectivity index (χ4v) is 1.88. The van der Waals surface area contributed by atoms with Crippen LogP contribution in [-0.2, 0) is 9.53 Å². The Bertz CT molecular complexity index is 268. The van der Waals surface area contributed by atoms with E-state index in [1.807, 2.05) is 11.9 Å². The molecule has 1 heterocycles. The lowest BCUT2D eigenvalue weighted by Crippen LogP contribution is -2.54. The van der Waals surface area contributed by atoms with Crippen LogP contribution in [0.5, 0.6) is 0 Å². The van der Waals surface area contributed by atoms with Gasteiger partial charge in [0, 0.05) is 19.6 Å². The Morgan fingerprint density at radius 2 is 2.24 bits per heavy atom. The average molecular weight is 244 g/mol. The Labute approximate surface area is 103 Å². The van der Waals surface area contributed by atoms with Gasteiger partial charge in [0.25, 0.3) is 0 Å². The zero-order chi connectivity index (χ0) is 13.1. The first kappa shape index (κ1) is 14.4. The summed E-state index contributed by atoms with van der Waals surface area (Å²) in [6, 6.07) is 0. The summed E-state index contributed by atoms with van der Waals surface area (Å²) in [5, 5.41) is 9.15. The molecular formula is C12H24N2O3. The number of morpholine rings is 1. The topological polar surface area (TPSA) is 53.0 Å². The fraction of sp³-hybridized carbons (Fsp3) is 0.917. The highest BCUT2D eigenvalue weighted by atomic mass is 16.5. The molecule has 1 aliphatic rings. The van der Waals surface area contributed by atoms with E-state index >= 15 is 0 Å². The Morgan fingerprint density at radius 1 is 1.59 bits per heavy atom. The van der Waals surface area contributed by atoms with E-state index in [2.05, 4.69) is 11.8 Å². The van der Waals surface area contributed by atoms with Crippen molar-refractivity contribution in [2.24, 2.45) is 0 Å². The molecule has 0 bridgehead atoms. The minimum atomic E-state index is -0.849. The van der Waals surface area contributed by atoms with Crippen LogP contribution in [0.3, 0.4) is 0 Å². The third-order valence-electron chi connectivity index (χ3n) is 3.63. The van der Waals surface area contributed by atoms with Gasteiger partial charge in [-0.15, -0.1) is 0 Å². The van der Waals surface area contributed by atoms with Gasteiger partial charge in [-0.3, -0.25) is 14.6 Å². The molecule has 0 amide bonds. The molecule has 0 saturated carbocycles. The molecule has 0 spiro atoms. The van der Waals surface area contributed by atoms with Gasteiger partial charge in [0.05, 0.1) is 12.7 Å². The van der Waals surface area contributed by atoms with E-state index in [1.165, 1.54) is 0 Å². The van der Waals surface area contributed by atoms with E-state index in [-0.39, 0.29) is 6.10 Å². The molecule has 1 rings (SSSR count). The quantitative estimate of drug-likeness (QED) is 0.763. The van der Waals surface area contributed by atoms with Gasteiger partial charge in [-0.05, 0) is 27.4 Å². The maximum Gasteiger partial charge on any atom is 0.323 e. The molecule has 0 aromatic heterocycles. The number of nitrogens with zero attached hydrogens (tertiary/aromatic N) is 2. The molecule has 1 aliphatic heterocycles. The van der Waals surface area contributed by atoms with E-state index in [0.29, 0.717) is 6.54 Å². The van der Waals surface area contributed by atoms with Gasteiger partial charge in [0.2, 0.25) is 0 Å². The fourth-order valence-electron chi connectivity index (χ4n) is 1.88. The van der Waals surface area contributed by atoms with Gasteiger partial charge in [-0.1, -0.05) is 6.92 Å². The second-order valence-corrected chi connectivity index (χ2v) is 5.13.